The van der Waals surface area contributed by atoms with Gasteiger partial charge in [-0.05, 0) is 54.6 Å². The molecule has 3 aromatic carbocycles. The van der Waals surface area contributed by atoms with Gasteiger partial charge in [-0.25, -0.2) is 8.78 Å². The van der Waals surface area contributed by atoms with Gasteiger partial charge < -0.3 is 16.0 Å². The molecular formula is C22H15Cl2F2N3O3. The average molecular weight is 478 g/mol. The second kappa shape index (κ2) is 10.2. The SMILES string of the molecule is O=C(CNC(=O)c1ccc(NC(=O)c2cc(Cl)cc(Cl)c2)cc1)Nc1ccc(F)c(F)c1. The highest BCUT2D eigenvalue weighted by Crippen LogP contribution is 2.20. The lowest BCUT2D eigenvalue weighted by Gasteiger charge is -2.09. The molecule has 0 atom stereocenters. The van der Waals surface area contributed by atoms with Crippen LogP contribution in [0.5, 0.6) is 0 Å². The maximum atomic E-state index is 13.2. The molecule has 3 N–H and O–H groups in total. The van der Waals surface area contributed by atoms with Crippen molar-refractivity contribution in [2.24, 2.45) is 0 Å². The molecule has 3 aromatic rings. The van der Waals surface area contributed by atoms with Crippen molar-refractivity contribution in [2.45, 2.75) is 0 Å². The standard InChI is InChI=1S/C22H15Cl2F2N3O3/c23-14-7-13(8-15(24)9-14)22(32)29-16-3-1-12(2-4-16)21(31)27-11-20(30)28-17-5-6-18(25)19(26)10-17/h1-10H,11H2,(H,27,31)(H,28,30)(H,29,32). The van der Waals surface area contributed by atoms with E-state index in [9.17, 15) is 23.2 Å². The van der Waals surface area contributed by atoms with Gasteiger partial charge in [0.2, 0.25) is 5.91 Å². The van der Waals surface area contributed by atoms with Crippen molar-refractivity contribution in [2.75, 3.05) is 17.2 Å². The number of nitrogens with one attached hydrogen (secondary N) is 3. The first kappa shape index (κ1) is 23.2. The predicted molar refractivity (Wildman–Crippen MR) is 118 cm³/mol. The van der Waals surface area contributed by atoms with Gasteiger partial charge in [-0.2, -0.15) is 0 Å². The van der Waals surface area contributed by atoms with E-state index in [1.54, 1.807) is 0 Å². The minimum absolute atomic E-state index is 0.0595. The Labute approximate surface area is 191 Å². The first-order valence-corrected chi connectivity index (χ1v) is 9.87. The van der Waals surface area contributed by atoms with Crippen molar-refractivity contribution in [3.63, 3.8) is 0 Å². The van der Waals surface area contributed by atoms with Gasteiger partial charge in [0.15, 0.2) is 11.6 Å². The number of halogens is 4. The third-order valence-corrected chi connectivity index (χ3v) is 4.58. The molecule has 0 aromatic heterocycles. The van der Waals surface area contributed by atoms with Gasteiger partial charge in [0.25, 0.3) is 11.8 Å². The van der Waals surface area contributed by atoms with Crippen LogP contribution >= 0.6 is 23.2 Å². The van der Waals surface area contributed by atoms with Gasteiger partial charge in [0.1, 0.15) is 0 Å². The highest BCUT2D eigenvalue weighted by atomic mass is 35.5. The molecule has 6 nitrogen and oxygen atoms in total. The maximum Gasteiger partial charge on any atom is 0.255 e. The minimum Gasteiger partial charge on any atom is -0.343 e. The van der Waals surface area contributed by atoms with E-state index in [2.05, 4.69) is 16.0 Å². The van der Waals surface area contributed by atoms with Crippen LogP contribution in [0, 0.1) is 11.6 Å². The van der Waals surface area contributed by atoms with Crippen LogP contribution in [0.15, 0.2) is 60.7 Å². The molecule has 0 unspecified atom stereocenters. The van der Waals surface area contributed by atoms with Crippen LogP contribution in [0.1, 0.15) is 20.7 Å². The molecule has 0 aliphatic carbocycles. The number of rotatable bonds is 6. The highest BCUT2D eigenvalue weighted by molar-refractivity contribution is 6.35. The molecule has 164 valence electrons. The van der Waals surface area contributed by atoms with E-state index in [-0.39, 0.29) is 23.4 Å². The van der Waals surface area contributed by atoms with E-state index >= 15 is 0 Å². The van der Waals surface area contributed by atoms with Crippen molar-refractivity contribution >= 4 is 52.3 Å². The Kier molecular flexibility index (Phi) is 7.40. The Balaban J connectivity index is 1.53. The quantitative estimate of drug-likeness (QED) is 0.472. The van der Waals surface area contributed by atoms with Crippen LogP contribution in [-0.2, 0) is 4.79 Å². The summed E-state index contributed by atoms with van der Waals surface area (Å²) in [6.45, 7) is -0.383. The van der Waals surface area contributed by atoms with E-state index in [1.165, 1.54) is 48.5 Å². The van der Waals surface area contributed by atoms with E-state index in [0.29, 0.717) is 15.7 Å². The molecule has 0 bridgehead atoms. The summed E-state index contributed by atoms with van der Waals surface area (Å²) in [5.41, 5.74) is 1.01. The topological polar surface area (TPSA) is 87.3 Å². The molecule has 3 rings (SSSR count). The van der Waals surface area contributed by atoms with Gasteiger partial charge in [-0.15, -0.1) is 0 Å². The number of hydrogen-bond acceptors (Lipinski definition) is 3. The molecule has 0 saturated carbocycles. The van der Waals surface area contributed by atoms with Crippen LogP contribution in [0.25, 0.3) is 0 Å². The van der Waals surface area contributed by atoms with Crippen LogP contribution in [0.4, 0.5) is 20.2 Å². The Bertz CT molecular complexity index is 1170. The average Bonchev–Trinajstić information content (AvgIpc) is 2.74. The monoisotopic (exact) mass is 477 g/mol. The predicted octanol–water partition coefficient (Wildman–Crippen LogP) is 4.89. The Morgan fingerprint density at radius 3 is 1.94 bits per heavy atom. The van der Waals surface area contributed by atoms with E-state index in [1.807, 2.05) is 0 Å². The molecular weight excluding hydrogens is 463 g/mol. The zero-order chi connectivity index (χ0) is 23.3. The second-order valence-electron chi connectivity index (χ2n) is 6.55. The lowest BCUT2D eigenvalue weighted by Crippen LogP contribution is -2.32. The van der Waals surface area contributed by atoms with Crippen molar-refractivity contribution < 1.29 is 23.2 Å². The third kappa shape index (κ3) is 6.26. The summed E-state index contributed by atoms with van der Waals surface area (Å²) in [5.74, 6) is -3.72. The van der Waals surface area contributed by atoms with Crippen molar-refractivity contribution in [3.05, 3.63) is 93.5 Å². The number of amides is 3. The first-order chi connectivity index (χ1) is 15.2. The highest BCUT2D eigenvalue weighted by Gasteiger charge is 2.12. The molecule has 0 aliphatic heterocycles. The zero-order valence-corrected chi connectivity index (χ0v) is 17.7. The van der Waals surface area contributed by atoms with E-state index < -0.39 is 29.4 Å². The number of carbonyl (C=O) groups is 3. The Morgan fingerprint density at radius 1 is 0.688 bits per heavy atom. The lowest BCUT2D eigenvalue weighted by molar-refractivity contribution is -0.115. The summed E-state index contributed by atoms with van der Waals surface area (Å²) >= 11 is 11.8. The molecule has 10 heteroatoms. The van der Waals surface area contributed by atoms with Gasteiger partial charge in [-0.1, -0.05) is 23.2 Å². The van der Waals surface area contributed by atoms with Crippen LogP contribution in [0.2, 0.25) is 10.0 Å². The molecule has 0 radical (unpaired) electrons. The maximum absolute atomic E-state index is 13.2. The molecule has 32 heavy (non-hydrogen) atoms. The van der Waals surface area contributed by atoms with Gasteiger partial charge in [0.05, 0.1) is 6.54 Å². The largest absolute Gasteiger partial charge is 0.343 e. The zero-order valence-electron chi connectivity index (χ0n) is 16.2. The number of hydrogen-bond donors (Lipinski definition) is 3. The molecule has 0 aliphatic rings. The smallest absolute Gasteiger partial charge is 0.255 e. The molecule has 0 spiro atoms. The second-order valence-corrected chi connectivity index (χ2v) is 7.42. The molecule has 3 amide bonds. The van der Waals surface area contributed by atoms with Crippen molar-refractivity contribution in [1.29, 1.82) is 0 Å². The fourth-order valence-corrected chi connectivity index (χ4v) is 3.16. The van der Waals surface area contributed by atoms with Gasteiger partial charge in [0, 0.05) is 38.6 Å². The molecule has 0 saturated heterocycles. The van der Waals surface area contributed by atoms with Crippen LogP contribution in [0.3, 0.4) is 0 Å². The number of carbonyl (C=O) groups excluding carboxylic acids is 3. The van der Waals surface area contributed by atoms with Crippen molar-refractivity contribution in [3.8, 4) is 0 Å². The number of anilines is 2. The number of benzene rings is 3. The summed E-state index contributed by atoms with van der Waals surface area (Å²) in [4.78, 5) is 36.4. The van der Waals surface area contributed by atoms with Gasteiger partial charge >= 0.3 is 0 Å². The van der Waals surface area contributed by atoms with Crippen molar-refractivity contribution in [1.82, 2.24) is 5.32 Å². The normalized spacial score (nSPS) is 10.4. The summed E-state index contributed by atoms with van der Waals surface area (Å²) in [6, 6.07) is 13.3. The fourth-order valence-electron chi connectivity index (χ4n) is 2.63. The lowest BCUT2D eigenvalue weighted by atomic mass is 10.1. The van der Waals surface area contributed by atoms with E-state index in [4.69, 9.17) is 23.2 Å². The summed E-state index contributed by atoms with van der Waals surface area (Å²) in [7, 11) is 0. The van der Waals surface area contributed by atoms with Crippen LogP contribution in [-0.4, -0.2) is 24.3 Å². The summed E-state index contributed by atoms with van der Waals surface area (Å²) < 4.78 is 26.1. The van der Waals surface area contributed by atoms with Gasteiger partial charge in [-0.3, -0.25) is 14.4 Å². The van der Waals surface area contributed by atoms with E-state index in [0.717, 1.165) is 12.1 Å². The van der Waals surface area contributed by atoms with Crippen LogP contribution < -0.4 is 16.0 Å². The Hall–Kier alpha value is -3.49. The fraction of sp³-hybridized carbons (Fsp3) is 0.0455. The first-order valence-electron chi connectivity index (χ1n) is 9.12. The summed E-state index contributed by atoms with van der Waals surface area (Å²) in [5, 5.41) is 8.05. The summed E-state index contributed by atoms with van der Waals surface area (Å²) in [6.07, 6.45) is 0. The molecule has 0 heterocycles. The third-order valence-electron chi connectivity index (χ3n) is 4.14. The minimum atomic E-state index is -1.10. The Morgan fingerprint density at radius 2 is 1.31 bits per heavy atom. The molecule has 0 fully saturated rings.